The molecule has 11 heteroatoms. The van der Waals surface area contributed by atoms with Gasteiger partial charge in [0.1, 0.15) is 19.1 Å². The predicted molar refractivity (Wildman–Crippen MR) is 221 cm³/mol. The van der Waals surface area contributed by atoms with Crippen molar-refractivity contribution in [3.63, 3.8) is 0 Å². The van der Waals surface area contributed by atoms with Crippen molar-refractivity contribution in [3.8, 4) is 6.07 Å². The summed E-state index contributed by atoms with van der Waals surface area (Å²) in [5.41, 5.74) is 20.4. The molecule has 2 rings (SSSR count). The van der Waals surface area contributed by atoms with Gasteiger partial charge in [0.15, 0.2) is 0 Å². The van der Waals surface area contributed by atoms with E-state index in [1.165, 1.54) is 17.3 Å². The van der Waals surface area contributed by atoms with Crippen LogP contribution in [0.25, 0.3) is 0 Å². The molecular formula is C42H66N8O3. The van der Waals surface area contributed by atoms with Gasteiger partial charge in [0.05, 0.1) is 18.3 Å². The molecule has 2 aromatic rings. The van der Waals surface area contributed by atoms with Gasteiger partial charge >= 0.3 is 0 Å². The smallest absolute Gasteiger partial charge is 0.248 e. The number of amides is 2. The number of aliphatic imine (C=N–C) groups is 1. The first-order valence-corrected chi connectivity index (χ1v) is 18.6. The molecule has 0 aliphatic carbocycles. The number of hydrogen-bond acceptors (Lipinski definition) is 8. The molecule has 1 atom stereocenters. The molecule has 0 aromatic heterocycles. The van der Waals surface area contributed by atoms with Crippen LogP contribution < -0.4 is 27.2 Å². The highest BCUT2D eigenvalue weighted by Gasteiger charge is 2.24. The summed E-state index contributed by atoms with van der Waals surface area (Å²) in [5.74, 6) is -0.273. The minimum absolute atomic E-state index is 0.0654. The van der Waals surface area contributed by atoms with Crippen molar-refractivity contribution in [3.05, 3.63) is 101 Å². The monoisotopic (exact) mass is 731 g/mol. The van der Waals surface area contributed by atoms with Gasteiger partial charge in [-0.05, 0) is 107 Å². The number of rotatable bonds is 20. The molecule has 0 heterocycles. The number of unbranched alkanes of at least 4 members (excludes halogenated alkanes) is 2. The Morgan fingerprint density at radius 3 is 2.32 bits per heavy atom. The van der Waals surface area contributed by atoms with Gasteiger partial charge in [-0.1, -0.05) is 81.7 Å². The number of nitrogens with one attached hydrogen (secondary N) is 2. The highest BCUT2D eigenvalue weighted by atomic mass is 16.3. The van der Waals surface area contributed by atoms with Crippen molar-refractivity contribution < 1.29 is 14.7 Å². The van der Waals surface area contributed by atoms with Crippen molar-refractivity contribution in [1.82, 2.24) is 15.6 Å². The van der Waals surface area contributed by atoms with E-state index in [-0.39, 0.29) is 31.6 Å². The van der Waals surface area contributed by atoms with Crippen LogP contribution in [0, 0.1) is 18.3 Å². The molecule has 53 heavy (non-hydrogen) atoms. The standard InChI is InChI=1S/C38H55N7O3.C2H5N.C2H6/c1-7-9-10-23-44(24-21-39)36(47)26-42-22-20-35(38(41-6)43-45(27-46)33-17-12-29(5)13-18-33)34-19-16-32(37(40)48)25-31(34)15-14-30(11-8-2)28(3)4;1-2-3;1-2/h8,11-13,16-19,25,35,42,46H,7,9-10,14-15,20,22-24,26-27H2,1-6H3,(H2,40,48)(H,41,43);2H,1,3H2;1-2H3/b11-8-;;. The Balaban J connectivity index is 0.00000513. The van der Waals surface area contributed by atoms with Crippen LogP contribution in [0.3, 0.4) is 0 Å². The quantitative estimate of drug-likeness (QED) is 0.0192. The topological polar surface area (TPSA) is 173 Å². The van der Waals surface area contributed by atoms with E-state index in [0.29, 0.717) is 37.3 Å². The van der Waals surface area contributed by atoms with E-state index in [1.54, 1.807) is 23.0 Å². The van der Waals surface area contributed by atoms with Crippen molar-refractivity contribution in [2.45, 2.75) is 92.9 Å². The van der Waals surface area contributed by atoms with E-state index in [2.05, 4.69) is 61.0 Å². The zero-order valence-corrected chi connectivity index (χ0v) is 33.5. The van der Waals surface area contributed by atoms with Crippen LogP contribution in [0.15, 0.2) is 83.5 Å². The average molecular weight is 731 g/mol. The van der Waals surface area contributed by atoms with E-state index < -0.39 is 5.91 Å². The SMILES string of the molecule is C/C=C\C(CCc1cc(C(N)=O)ccc1C(CCNCC(=O)N(CC#N)CCCCC)C(=NC)NN(CO)c1ccc(C)cc1)=C(C)C.C=CN.CC. The molecule has 2 amide bonds. The maximum absolute atomic E-state index is 13.0. The number of amidine groups is 1. The molecule has 7 N–H and O–H groups in total. The maximum atomic E-state index is 13.0. The summed E-state index contributed by atoms with van der Waals surface area (Å²) in [6.45, 7) is 18.3. The lowest BCUT2D eigenvalue weighted by molar-refractivity contribution is -0.129. The fraction of sp³-hybridized carbons (Fsp3) is 0.476. The van der Waals surface area contributed by atoms with Crippen LogP contribution in [0.4, 0.5) is 5.69 Å². The number of nitrogens with two attached hydrogens (primary N) is 2. The number of primary amides is 1. The number of aryl methyl sites for hydroxylation is 2. The zero-order valence-electron chi connectivity index (χ0n) is 33.5. The molecule has 1 unspecified atom stereocenters. The number of carbonyl (C=O) groups is 2. The minimum Gasteiger partial charge on any atom is -0.405 e. The molecule has 0 saturated heterocycles. The van der Waals surface area contributed by atoms with E-state index >= 15 is 0 Å². The number of allylic oxidation sites excluding steroid dienone is 4. The van der Waals surface area contributed by atoms with E-state index in [1.807, 2.05) is 70.2 Å². The molecule has 292 valence electrons. The number of benzene rings is 2. The second-order valence-electron chi connectivity index (χ2n) is 12.4. The third-order valence-corrected chi connectivity index (χ3v) is 8.32. The van der Waals surface area contributed by atoms with Crippen molar-refractivity contribution >= 4 is 23.3 Å². The van der Waals surface area contributed by atoms with E-state index in [9.17, 15) is 20.0 Å². The number of hydrogen-bond donors (Lipinski definition) is 5. The Kier molecular flexibility index (Phi) is 26.0. The largest absolute Gasteiger partial charge is 0.405 e. The maximum Gasteiger partial charge on any atom is 0.248 e. The van der Waals surface area contributed by atoms with E-state index in [0.717, 1.165) is 48.1 Å². The van der Waals surface area contributed by atoms with Crippen LogP contribution in [0.5, 0.6) is 0 Å². The van der Waals surface area contributed by atoms with Gasteiger partial charge in [0.25, 0.3) is 0 Å². The zero-order chi connectivity index (χ0) is 40.2. The molecule has 0 aliphatic heterocycles. The van der Waals surface area contributed by atoms with Crippen molar-refractivity contribution in [2.24, 2.45) is 16.5 Å². The number of nitrogens with zero attached hydrogens (tertiary/aromatic N) is 4. The van der Waals surface area contributed by atoms with Crippen LogP contribution in [-0.2, 0) is 11.2 Å². The Morgan fingerprint density at radius 2 is 1.79 bits per heavy atom. The third kappa shape index (κ3) is 17.9. The Morgan fingerprint density at radius 1 is 1.13 bits per heavy atom. The lowest BCUT2D eigenvalue weighted by atomic mass is 9.86. The molecule has 0 saturated carbocycles. The molecule has 0 spiro atoms. The molecule has 0 bridgehead atoms. The van der Waals surface area contributed by atoms with Gasteiger partial charge in [-0.15, -0.1) is 0 Å². The second kappa shape index (κ2) is 28.6. The molecule has 11 nitrogen and oxygen atoms in total. The highest BCUT2D eigenvalue weighted by molar-refractivity contribution is 5.94. The van der Waals surface area contributed by atoms with Crippen LogP contribution in [0.1, 0.15) is 107 Å². The number of hydrazine groups is 1. The van der Waals surface area contributed by atoms with Crippen LogP contribution in [0.2, 0.25) is 0 Å². The fourth-order valence-corrected chi connectivity index (χ4v) is 5.54. The minimum atomic E-state index is -0.496. The number of aliphatic hydroxyl groups excluding tert-OH is 1. The average Bonchev–Trinajstić information content (AvgIpc) is 3.15. The van der Waals surface area contributed by atoms with E-state index in [4.69, 9.17) is 5.73 Å². The summed E-state index contributed by atoms with van der Waals surface area (Å²) in [6, 6.07) is 15.5. The first-order chi connectivity index (χ1) is 25.5. The highest BCUT2D eigenvalue weighted by Crippen LogP contribution is 2.29. The van der Waals surface area contributed by atoms with Crippen LogP contribution >= 0.6 is 0 Å². The molecule has 2 aromatic carbocycles. The first kappa shape index (κ1) is 48.1. The summed E-state index contributed by atoms with van der Waals surface area (Å²) in [5, 5.41) is 24.6. The van der Waals surface area contributed by atoms with Crippen molar-refractivity contribution in [1.29, 1.82) is 5.26 Å². The molecule has 0 radical (unpaired) electrons. The third-order valence-electron chi connectivity index (χ3n) is 8.32. The summed E-state index contributed by atoms with van der Waals surface area (Å²) >= 11 is 0. The Hall–Kier alpha value is -4.92. The van der Waals surface area contributed by atoms with Gasteiger partial charge < -0.3 is 26.8 Å². The molecule has 0 fully saturated rings. The normalized spacial score (nSPS) is 11.2. The fourth-order valence-electron chi connectivity index (χ4n) is 5.54. The second-order valence-corrected chi connectivity index (χ2v) is 12.4. The molecule has 0 aliphatic rings. The van der Waals surface area contributed by atoms with Gasteiger partial charge in [0, 0.05) is 25.1 Å². The van der Waals surface area contributed by atoms with Crippen LogP contribution in [-0.4, -0.2) is 67.6 Å². The number of aliphatic hydroxyl groups is 1. The first-order valence-electron chi connectivity index (χ1n) is 18.6. The van der Waals surface area contributed by atoms with Gasteiger partial charge in [-0.25, -0.2) is 0 Å². The number of carbonyl (C=O) groups excluding carboxylic acids is 2. The van der Waals surface area contributed by atoms with Gasteiger partial charge in [-0.2, -0.15) is 5.26 Å². The van der Waals surface area contributed by atoms with Crippen molar-refractivity contribution in [2.75, 3.05) is 45.0 Å². The lowest BCUT2D eigenvalue weighted by Gasteiger charge is -2.30. The summed E-state index contributed by atoms with van der Waals surface area (Å²) in [6.07, 6.45) is 10.3. The Bertz CT molecular complexity index is 1510. The number of anilines is 1. The summed E-state index contributed by atoms with van der Waals surface area (Å²) < 4.78 is 0. The Labute approximate surface area is 319 Å². The van der Waals surface area contributed by atoms with Gasteiger partial charge in [0.2, 0.25) is 11.8 Å². The molecular weight excluding hydrogens is 665 g/mol. The predicted octanol–water partition coefficient (Wildman–Crippen LogP) is 6.65. The lowest BCUT2D eigenvalue weighted by Crippen LogP contribution is -2.46. The number of nitriles is 1. The summed E-state index contributed by atoms with van der Waals surface area (Å²) in [7, 11) is 1.71. The van der Waals surface area contributed by atoms with Gasteiger partial charge in [-0.3, -0.25) is 25.0 Å². The summed E-state index contributed by atoms with van der Waals surface area (Å²) in [4.78, 5) is 31.5.